The third-order valence-electron chi connectivity index (χ3n) is 4.45. The number of ether oxygens (including phenoxy) is 1. The van der Waals surface area contributed by atoms with E-state index in [2.05, 4.69) is 19.2 Å². The number of amides is 1. The van der Waals surface area contributed by atoms with Gasteiger partial charge in [-0.25, -0.2) is 0 Å². The number of benzene rings is 1. The molecule has 21 heavy (non-hydrogen) atoms. The van der Waals surface area contributed by atoms with Gasteiger partial charge in [-0.3, -0.25) is 4.79 Å². The van der Waals surface area contributed by atoms with Crippen molar-refractivity contribution in [2.24, 2.45) is 17.6 Å². The average molecular weight is 290 g/mol. The zero-order valence-corrected chi connectivity index (χ0v) is 13.0. The third-order valence-corrected chi connectivity index (χ3v) is 4.45. The number of hydrogen-bond acceptors (Lipinski definition) is 3. The van der Waals surface area contributed by atoms with Crippen LogP contribution in [0.3, 0.4) is 0 Å². The number of nitrogens with two attached hydrogens (primary N) is 1. The Morgan fingerprint density at radius 1 is 1.29 bits per heavy atom. The van der Waals surface area contributed by atoms with Gasteiger partial charge < -0.3 is 15.8 Å². The number of carbonyl (C=O) groups is 1. The van der Waals surface area contributed by atoms with Crippen LogP contribution in [0.2, 0.25) is 0 Å². The molecule has 3 unspecified atom stereocenters. The van der Waals surface area contributed by atoms with Crippen LogP contribution in [0, 0.1) is 11.8 Å². The van der Waals surface area contributed by atoms with Gasteiger partial charge in [-0.2, -0.15) is 0 Å². The molecule has 1 aliphatic rings. The molecule has 4 heteroatoms. The summed E-state index contributed by atoms with van der Waals surface area (Å²) in [5.41, 5.74) is 6.15. The van der Waals surface area contributed by atoms with Crippen molar-refractivity contribution in [2.75, 3.05) is 11.9 Å². The molecule has 2 rings (SSSR count). The third kappa shape index (κ3) is 4.66. The van der Waals surface area contributed by atoms with Gasteiger partial charge in [-0.1, -0.05) is 26.0 Å². The summed E-state index contributed by atoms with van der Waals surface area (Å²) in [6.07, 6.45) is 3.90. The predicted octanol–water partition coefficient (Wildman–Crippen LogP) is 3.18. The first-order chi connectivity index (χ1) is 10.1. The molecule has 1 amide bonds. The average Bonchev–Trinajstić information content (AvgIpc) is 2.44. The molecular formula is C17H26N2O2. The van der Waals surface area contributed by atoms with E-state index in [1.165, 1.54) is 19.3 Å². The van der Waals surface area contributed by atoms with Crippen molar-refractivity contribution in [3.05, 3.63) is 24.3 Å². The molecule has 1 aromatic carbocycles. The fourth-order valence-electron chi connectivity index (χ4n) is 2.87. The molecular weight excluding hydrogens is 264 g/mol. The lowest BCUT2D eigenvalue weighted by atomic mass is 9.79. The van der Waals surface area contributed by atoms with Gasteiger partial charge in [0.15, 0.2) is 0 Å². The minimum absolute atomic E-state index is 0.242. The van der Waals surface area contributed by atoms with Gasteiger partial charge in [-0.05, 0) is 43.2 Å². The van der Waals surface area contributed by atoms with Crippen molar-refractivity contribution in [3.63, 3.8) is 0 Å². The number of anilines is 1. The second-order valence-electron chi connectivity index (χ2n) is 6.17. The van der Waals surface area contributed by atoms with Gasteiger partial charge >= 0.3 is 0 Å². The molecule has 1 aliphatic carbocycles. The molecule has 0 heterocycles. The number of rotatable bonds is 6. The summed E-state index contributed by atoms with van der Waals surface area (Å²) in [4.78, 5) is 10.8. The van der Waals surface area contributed by atoms with Crippen LogP contribution in [0.5, 0.6) is 5.75 Å². The highest BCUT2D eigenvalue weighted by Gasteiger charge is 2.24. The molecule has 0 aromatic heterocycles. The Bertz CT molecular complexity index is 476. The molecule has 1 saturated carbocycles. The first-order valence-electron chi connectivity index (χ1n) is 7.83. The molecule has 4 nitrogen and oxygen atoms in total. The SMILES string of the molecule is CC1CCC(Nc2ccccc2OCCC(N)=O)CC1C. The van der Waals surface area contributed by atoms with Gasteiger partial charge in [0.05, 0.1) is 18.7 Å². The summed E-state index contributed by atoms with van der Waals surface area (Å²) in [5.74, 6) is 2.02. The van der Waals surface area contributed by atoms with Gasteiger partial charge in [0, 0.05) is 6.04 Å². The Kier molecular flexibility index (Phi) is 5.48. The topological polar surface area (TPSA) is 64.3 Å². The van der Waals surface area contributed by atoms with Crippen molar-refractivity contribution in [1.29, 1.82) is 0 Å². The van der Waals surface area contributed by atoms with Crippen LogP contribution in [-0.4, -0.2) is 18.6 Å². The van der Waals surface area contributed by atoms with E-state index in [0.717, 1.165) is 23.3 Å². The lowest BCUT2D eigenvalue weighted by Crippen LogP contribution is -2.30. The van der Waals surface area contributed by atoms with Gasteiger partial charge in [0.1, 0.15) is 5.75 Å². The van der Waals surface area contributed by atoms with Crippen LogP contribution in [0.1, 0.15) is 39.5 Å². The quantitative estimate of drug-likeness (QED) is 0.845. The second-order valence-corrected chi connectivity index (χ2v) is 6.17. The largest absolute Gasteiger partial charge is 0.491 e. The van der Waals surface area contributed by atoms with Gasteiger partial charge in [-0.15, -0.1) is 0 Å². The number of para-hydroxylation sites is 2. The number of primary amides is 1. The van der Waals surface area contributed by atoms with E-state index in [4.69, 9.17) is 10.5 Å². The van der Waals surface area contributed by atoms with Crippen molar-refractivity contribution in [2.45, 2.75) is 45.6 Å². The highest BCUT2D eigenvalue weighted by Crippen LogP contribution is 2.33. The van der Waals surface area contributed by atoms with Gasteiger partial charge in [0.25, 0.3) is 0 Å². The van der Waals surface area contributed by atoms with Crippen molar-refractivity contribution in [3.8, 4) is 5.75 Å². The summed E-state index contributed by atoms with van der Waals surface area (Å²) >= 11 is 0. The zero-order chi connectivity index (χ0) is 15.2. The fraction of sp³-hybridized carbons (Fsp3) is 0.588. The van der Waals surface area contributed by atoms with E-state index >= 15 is 0 Å². The van der Waals surface area contributed by atoms with E-state index in [-0.39, 0.29) is 12.3 Å². The van der Waals surface area contributed by atoms with Gasteiger partial charge in [0.2, 0.25) is 5.91 Å². The minimum Gasteiger partial charge on any atom is -0.491 e. The zero-order valence-electron chi connectivity index (χ0n) is 13.0. The second kappa shape index (κ2) is 7.34. The van der Waals surface area contributed by atoms with E-state index in [1.54, 1.807) is 0 Å². The minimum atomic E-state index is -0.337. The van der Waals surface area contributed by atoms with E-state index in [9.17, 15) is 4.79 Å². The van der Waals surface area contributed by atoms with E-state index in [0.29, 0.717) is 12.6 Å². The van der Waals surface area contributed by atoms with Crippen LogP contribution >= 0.6 is 0 Å². The summed E-state index contributed by atoms with van der Waals surface area (Å²) in [6.45, 7) is 4.99. The molecule has 0 bridgehead atoms. The fourth-order valence-corrected chi connectivity index (χ4v) is 2.87. The molecule has 1 fully saturated rings. The lowest BCUT2D eigenvalue weighted by molar-refractivity contribution is -0.118. The summed E-state index contributed by atoms with van der Waals surface area (Å²) in [7, 11) is 0. The maximum absolute atomic E-state index is 10.8. The molecule has 1 aromatic rings. The van der Waals surface area contributed by atoms with Crippen LogP contribution in [0.25, 0.3) is 0 Å². The first-order valence-corrected chi connectivity index (χ1v) is 7.83. The molecule has 3 N–H and O–H groups in total. The molecule has 3 atom stereocenters. The number of hydrogen-bond donors (Lipinski definition) is 2. The highest BCUT2D eigenvalue weighted by molar-refractivity contribution is 5.73. The Morgan fingerprint density at radius 2 is 2.05 bits per heavy atom. The van der Waals surface area contributed by atoms with Crippen LogP contribution in [0.4, 0.5) is 5.69 Å². The number of carbonyl (C=O) groups excluding carboxylic acids is 1. The van der Waals surface area contributed by atoms with Crippen molar-refractivity contribution < 1.29 is 9.53 Å². The van der Waals surface area contributed by atoms with E-state index < -0.39 is 0 Å². The Labute approximate surface area is 127 Å². The van der Waals surface area contributed by atoms with Crippen molar-refractivity contribution in [1.82, 2.24) is 0 Å². The molecule has 116 valence electrons. The lowest BCUT2D eigenvalue weighted by Gasteiger charge is -2.33. The molecule has 0 saturated heterocycles. The van der Waals surface area contributed by atoms with E-state index in [1.807, 2.05) is 24.3 Å². The summed E-state index contributed by atoms with van der Waals surface area (Å²) in [5, 5.41) is 3.60. The molecule has 0 radical (unpaired) electrons. The Balaban J connectivity index is 1.94. The smallest absolute Gasteiger partial charge is 0.220 e. The Hall–Kier alpha value is -1.71. The monoisotopic (exact) mass is 290 g/mol. The van der Waals surface area contributed by atoms with Crippen molar-refractivity contribution >= 4 is 11.6 Å². The maximum atomic E-state index is 10.8. The number of nitrogens with one attached hydrogen (secondary N) is 1. The van der Waals surface area contributed by atoms with Crippen LogP contribution in [0.15, 0.2) is 24.3 Å². The molecule has 0 aliphatic heterocycles. The predicted molar refractivity (Wildman–Crippen MR) is 85.3 cm³/mol. The summed E-state index contributed by atoms with van der Waals surface area (Å²) < 4.78 is 5.67. The highest BCUT2D eigenvalue weighted by atomic mass is 16.5. The maximum Gasteiger partial charge on any atom is 0.220 e. The standard InChI is InChI=1S/C17H26N2O2/c1-12-7-8-14(11-13(12)2)19-15-5-3-4-6-16(15)21-10-9-17(18)20/h3-6,12-14,19H,7-11H2,1-2H3,(H2,18,20). The van der Waals surface area contributed by atoms with Crippen LogP contribution < -0.4 is 15.8 Å². The normalized spacial score (nSPS) is 25.3. The Morgan fingerprint density at radius 3 is 2.76 bits per heavy atom. The first kappa shape index (κ1) is 15.7. The summed E-state index contributed by atoms with van der Waals surface area (Å²) in [6, 6.07) is 8.40. The molecule has 0 spiro atoms. The van der Waals surface area contributed by atoms with Crippen LogP contribution in [-0.2, 0) is 4.79 Å².